The summed E-state index contributed by atoms with van der Waals surface area (Å²) in [6.45, 7) is 0. The van der Waals surface area contributed by atoms with E-state index in [2.05, 4.69) is 4.98 Å². The number of carboxylic acid groups (broad SMARTS) is 1. The molecular weight excluding hydrogens is 253 g/mol. The Morgan fingerprint density at radius 3 is 2.00 bits per heavy atom. The molecule has 0 saturated carbocycles. The van der Waals surface area contributed by atoms with E-state index in [1.165, 1.54) is 18.5 Å². The Balaban J connectivity index is 0.000000293. The fourth-order valence-corrected chi connectivity index (χ4v) is 0.976. The van der Waals surface area contributed by atoms with Crippen molar-refractivity contribution in [1.29, 1.82) is 0 Å². The van der Waals surface area contributed by atoms with Gasteiger partial charge in [0.2, 0.25) is 10.0 Å². The van der Waals surface area contributed by atoms with Gasteiger partial charge < -0.3 is 10.1 Å². The van der Waals surface area contributed by atoms with Gasteiger partial charge in [0.05, 0.1) is 4.90 Å². The molecule has 0 radical (unpaired) electrons. The van der Waals surface area contributed by atoms with E-state index < -0.39 is 22.2 Å². The molecule has 0 atom stereocenters. The number of sulfonamides is 1. The topological polar surface area (TPSA) is 113 Å². The summed E-state index contributed by atoms with van der Waals surface area (Å²) in [6.07, 6.45) is -2.25. The van der Waals surface area contributed by atoms with E-state index in [4.69, 9.17) is 15.0 Å². The molecule has 0 fully saturated rings. The molecule has 0 unspecified atom stereocenters. The monoisotopic (exact) mass is 260 g/mol. The lowest BCUT2D eigenvalue weighted by Crippen LogP contribution is -2.21. The van der Waals surface area contributed by atoms with E-state index in [1.807, 2.05) is 0 Å². The number of nitrogens with two attached hydrogens (primary N) is 1. The number of aromatic nitrogens is 1. The van der Waals surface area contributed by atoms with Crippen molar-refractivity contribution in [3.63, 3.8) is 0 Å². The number of carboxylic acids is 1. The van der Waals surface area contributed by atoms with Crippen molar-refractivity contribution >= 4 is 16.0 Å². The van der Waals surface area contributed by atoms with Crippen LogP contribution in [0.2, 0.25) is 0 Å². The van der Waals surface area contributed by atoms with Gasteiger partial charge in [0.25, 0.3) is 0 Å². The molecule has 92 valence electrons. The number of rotatable bonds is 1. The quantitative estimate of drug-likeness (QED) is 0.673. The Morgan fingerprint density at radius 1 is 1.44 bits per heavy atom. The highest BCUT2D eigenvalue weighted by atomic mass is 32.2. The number of aromatic amines is 1. The van der Waals surface area contributed by atoms with Crippen molar-refractivity contribution < 1.29 is 31.5 Å². The van der Waals surface area contributed by atoms with Crippen molar-refractivity contribution in [3.8, 4) is 0 Å². The maximum absolute atomic E-state index is 10.6. The summed E-state index contributed by atoms with van der Waals surface area (Å²) in [5, 5.41) is 11.9. The first-order valence-corrected chi connectivity index (χ1v) is 5.05. The molecule has 0 bridgehead atoms. The van der Waals surface area contributed by atoms with Gasteiger partial charge in [-0.15, -0.1) is 0 Å². The Kier molecular flexibility index (Phi) is 4.50. The SMILES string of the molecule is NS(=O)(=O)c1cc[nH]c1.O=C(O)C(F)(F)F. The summed E-state index contributed by atoms with van der Waals surface area (Å²) in [6, 6.07) is 1.40. The minimum atomic E-state index is -5.08. The van der Waals surface area contributed by atoms with Crippen molar-refractivity contribution in [2.75, 3.05) is 0 Å². The van der Waals surface area contributed by atoms with E-state index in [0.717, 1.165) is 0 Å². The van der Waals surface area contributed by atoms with Crippen LogP contribution in [-0.2, 0) is 14.8 Å². The lowest BCUT2D eigenvalue weighted by molar-refractivity contribution is -0.192. The number of primary sulfonamides is 1. The first-order valence-electron chi connectivity index (χ1n) is 3.51. The zero-order chi connectivity index (χ0) is 13.0. The van der Waals surface area contributed by atoms with Crippen molar-refractivity contribution in [3.05, 3.63) is 18.5 Å². The third-order valence-electron chi connectivity index (χ3n) is 1.14. The van der Waals surface area contributed by atoms with E-state index in [-0.39, 0.29) is 4.90 Å². The fourth-order valence-electron chi connectivity index (χ4n) is 0.486. The molecule has 1 rings (SSSR count). The van der Waals surface area contributed by atoms with Crippen LogP contribution in [0.1, 0.15) is 0 Å². The molecule has 0 aliphatic carbocycles. The molecule has 0 spiro atoms. The summed E-state index contributed by atoms with van der Waals surface area (Å²) in [5.74, 6) is -2.76. The largest absolute Gasteiger partial charge is 0.490 e. The number of alkyl halides is 3. The second-order valence-electron chi connectivity index (χ2n) is 2.39. The van der Waals surface area contributed by atoms with Gasteiger partial charge in [-0.1, -0.05) is 0 Å². The summed E-state index contributed by atoms with van der Waals surface area (Å²) in [4.78, 5) is 11.6. The highest BCUT2D eigenvalue weighted by molar-refractivity contribution is 7.89. The van der Waals surface area contributed by atoms with Gasteiger partial charge in [0.1, 0.15) is 0 Å². The molecule has 0 aromatic carbocycles. The van der Waals surface area contributed by atoms with Crippen LogP contribution in [0.5, 0.6) is 0 Å². The molecule has 1 aromatic heterocycles. The molecule has 1 aromatic rings. The smallest absolute Gasteiger partial charge is 0.475 e. The lowest BCUT2D eigenvalue weighted by atomic mass is 10.7. The van der Waals surface area contributed by atoms with Crippen LogP contribution in [-0.4, -0.2) is 30.7 Å². The van der Waals surface area contributed by atoms with Gasteiger partial charge in [-0.05, 0) is 6.07 Å². The van der Waals surface area contributed by atoms with Crippen LogP contribution >= 0.6 is 0 Å². The van der Waals surface area contributed by atoms with Crippen LogP contribution < -0.4 is 5.14 Å². The predicted molar refractivity (Wildman–Crippen MR) is 45.9 cm³/mol. The van der Waals surface area contributed by atoms with E-state index in [1.54, 1.807) is 0 Å². The number of carbonyl (C=O) groups is 1. The van der Waals surface area contributed by atoms with Crippen LogP contribution in [0.25, 0.3) is 0 Å². The third kappa shape index (κ3) is 5.36. The third-order valence-corrected chi connectivity index (χ3v) is 2.05. The Morgan fingerprint density at radius 2 is 1.88 bits per heavy atom. The Labute approximate surface area is 87.9 Å². The summed E-state index contributed by atoms with van der Waals surface area (Å²) in [5.41, 5.74) is 0. The minimum Gasteiger partial charge on any atom is -0.475 e. The molecule has 0 amide bonds. The second kappa shape index (κ2) is 4.99. The number of H-pyrrole nitrogens is 1. The molecule has 6 nitrogen and oxygen atoms in total. The molecule has 0 aliphatic heterocycles. The number of halogens is 3. The van der Waals surface area contributed by atoms with E-state index in [9.17, 15) is 21.6 Å². The predicted octanol–water partition coefficient (Wildman–Crippen LogP) is 0.295. The normalized spacial score (nSPS) is 11.5. The average molecular weight is 260 g/mol. The maximum atomic E-state index is 10.6. The van der Waals surface area contributed by atoms with Gasteiger partial charge in [-0.25, -0.2) is 18.4 Å². The van der Waals surface area contributed by atoms with Crippen LogP contribution in [0.4, 0.5) is 13.2 Å². The molecule has 0 aliphatic rings. The second-order valence-corrected chi connectivity index (χ2v) is 3.96. The molecular formula is C6H7F3N2O4S. The van der Waals surface area contributed by atoms with Crippen molar-refractivity contribution in [2.45, 2.75) is 11.1 Å². The average Bonchev–Trinajstić information content (AvgIpc) is 2.52. The number of nitrogens with one attached hydrogen (secondary N) is 1. The lowest BCUT2D eigenvalue weighted by Gasteiger charge is -1.93. The van der Waals surface area contributed by atoms with Gasteiger partial charge in [-0.3, -0.25) is 0 Å². The summed E-state index contributed by atoms with van der Waals surface area (Å²) in [7, 11) is -3.49. The molecule has 0 saturated heterocycles. The van der Waals surface area contributed by atoms with Crippen molar-refractivity contribution in [1.82, 2.24) is 4.98 Å². The van der Waals surface area contributed by atoms with E-state index >= 15 is 0 Å². The van der Waals surface area contributed by atoms with Crippen LogP contribution in [0.15, 0.2) is 23.4 Å². The Hall–Kier alpha value is -1.55. The number of hydrogen-bond acceptors (Lipinski definition) is 3. The molecule has 4 N–H and O–H groups in total. The summed E-state index contributed by atoms with van der Waals surface area (Å²) >= 11 is 0. The Bertz CT molecular complexity index is 437. The number of aliphatic carboxylic acids is 1. The molecule has 1 heterocycles. The number of hydrogen-bond donors (Lipinski definition) is 3. The van der Waals surface area contributed by atoms with Crippen LogP contribution in [0.3, 0.4) is 0 Å². The highest BCUT2D eigenvalue weighted by Gasteiger charge is 2.38. The summed E-state index contributed by atoms with van der Waals surface area (Å²) < 4.78 is 52.6. The zero-order valence-electron chi connectivity index (χ0n) is 7.52. The van der Waals surface area contributed by atoms with Gasteiger partial charge in [0, 0.05) is 12.4 Å². The maximum Gasteiger partial charge on any atom is 0.490 e. The molecule has 10 heteroatoms. The van der Waals surface area contributed by atoms with Gasteiger partial charge in [0.15, 0.2) is 0 Å². The first-order chi connectivity index (χ1) is 7.05. The fraction of sp³-hybridized carbons (Fsp3) is 0.167. The zero-order valence-corrected chi connectivity index (χ0v) is 8.34. The highest BCUT2D eigenvalue weighted by Crippen LogP contribution is 2.13. The van der Waals surface area contributed by atoms with Crippen molar-refractivity contribution in [2.24, 2.45) is 5.14 Å². The standard InChI is InChI=1S/C4H6N2O2S.C2HF3O2/c5-9(7,8)4-1-2-6-3-4;3-2(4,5)1(6)7/h1-3,6H,(H2,5,7,8);(H,6,7). The first kappa shape index (κ1) is 14.5. The molecule has 16 heavy (non-hydrogen) atoms. The van der Waals surface area contributed by atoms with Gasteiger partial charge >= 0.3 is 12.1 Å². The van der Waals surface area contributed by atoms with Gasteiger partial charge in [-0.2, -0.15) is 13.2 Å². The minimum absolute atomic E-state index is 0.113. The van der Waals surface area contributed by atoms with Crippen LogP contribution in [0, 0.1) is 0 Å². The van der Waals surface area contributed by atoms with E-state index in [0.29, 0.717) is 0 Å².